The number of nitrogens with one attached hydrogen (secondary N) is 1. The Bertz CT molecular complexity index is 383. The van der Waals surface area contributed by atoms with E-state index in [9.17, 15) is 0 Å². The lowest BCUT2D eigenvalue weighted by molar-refractivity contribution is 0.145. The molecule has 4 nitrogen and oxygen atoms in total. The van der Waals surface area contributed by atoms with Gasteiger partial charge in [-0.1, -0.05) is 13.3 Å². The maximum Gasteiger partial charge on any atom is 0.238 e. The molecular formula is C13H21N3O. The van der Waals surface area contributed by atoms with Gasteiger partial charge in [0.15, 0.2) is 0 Å². The van der Waals surface area contributed by atoms with E-state index in [1.54, 1.807) is 7.11 Å². The molecule has 2 rings (SSSR count). The molecule has 1 heterocycles. The van der Waals surface area contributed by atoms with E-state index in [1.807, 2.05) is 12.1 Å². The number of nitrogen functional groups attached to an aromatic ring is 1. The summed E-state index contributed by atoms with van der Waals surface area (Å²) in [5, 5.41) is 3.39. The molecule has 0 atom stereocenters. The lowest BCUT2D eigenvalue weighted by atomic mass is 9.67. The van der Waals surface area contributed by atoms with Crippen LogP contribution in [0.15, 0.2) is 12.1 Å². The van der Waals surface area contributed by atoms with Gasteiger partial charge in [0.1, 0.15) is 5.82 Å². The number of hydrogen-bond donors (Lipinski definition) is 2. The number of aromatic nitrogens is 1. The lowest BCUT2D eigenvalue weighted by Crippen LogP contribution is -2.36. The number of nitrogens with zero attached hydrogens (tertiary/aromatic N) is 1. The molecule has 0 unspecified atom stereocenters. The molecule has 1 aromatic heterocycles. The first-order chi connectivity index (χ1) is 8.19. The third-order valence-corrected chi connectivity index (χ3v) is 3.89. The Hall–Kier alpha value is -1.45. The van der Waals surface area contributed by atoms with Crippen LogP contribution < -0.4 is 15.8 Å². The van der Waals surface area contributed by atoms with E-state index in [-0.39, 0.29) is 0 Å². The number of anilines is 2. The maximum atomic E-state index is 5.73. The van der Waals surface area contributed by atoms with Gasteiger partial charge < -0.3 is 15.8 Å². The van der Waals surface area contributed by atoms with Gasteiger partial charge >= 0.3 is 0 Å². The smallest absolute Gasteiger partial charge is 0.238 e. The monoisotopic (exact) mass is 235 g/mol. The molecule has 3 N–H and O–H groups in total. The van der Waals surface area contributed by atoms with Crippen LogP contribution in [0, 0.1) is 5.41 Å². The van der Waals surface area contributed by atoms with E-state index in [0.29, 0.717) is 17.0 Å². The fraction of sp³-hybridized carbons (Fsp3) is 0.615. The molecular weight excluding hydrogens is 214 g/mol. The molecule has 1 fully saturated rings. The second-order valence-corrected chi connectivity index (χ2v) is 4.86. The van der Waals surface area contributed by atoms with Crippen molar-refractivity contribution in [2.45, 2.75) is 32.6 Å². The maximum absolute atomic E-state index is 5.73. The summed E-state index contributed by atoms with van der Waals surface area (Å²) in [6.45, 7) is 3.25. The van der Waals surface area contributed by atoms with E-state index in [1.165, 1.54) is 25.7 Å². The summed E-state index contributed by atoms with van der Waals surface area (Å²) < 4.78 is 5.11. The summed E-state index contributed by atoms with van der Waals surface area (Å²) in [5.74, 6) is 1.34. The molecule has 1 aliphatic carbocycles. The van der Waals surface area contributed by atoms with Crippen LogP contribution in [0.2, 0.25) is 0 Å². The minimum atomic E-state index is 0.482. The average Bonchev–Trinajstić information content (AvgIpc) is 2.30. The minimum absolute atomic E-state index is 0.482. The first-order valence-electron chi connectivity index (χ1n) is 6.23. The SMILES string of the molecule is CCC1(CNc2ccc(N)c(OC)n2)CCC1. The molecule has 0 spiro atoms. The first-order valence-corrected chi connectivity index (χ1v) is 6.23. The Kier molecular flexibility index (Phi) is 3.41. The molecule has 94 valence electrons. The molecule has 4 heteroatoms. The van der Waals surface area contributed by atoms with E-state index >= 15 is 0 Å². The molecule has 0 aromatic carbocycles. The largest absolute Gasteiger partial charge is 0.479 e. The van der Waals surface area contributed by atoms with E-state index in [0.717, 1.165) is 12.4 Å². The Morgan fingerprint density at radius 2 is 2.24 bits per heavy atom. The predicted octanol–water partition coefficient (Wildman–Crippen LogP) is 2.66. The lowest BCUT2D eigenvalue weighted by Gasteiger charge is -2.41. The number of ether oxygens (including phenoxy) is 1. The summed E-state index contributed by atoms with van der Waals surface area (Å²) in [7, 11) is 1.59. The number of pyridine rings is 1. The highest BCUT2D eigenvalue weighted by molar-refractivity contribution is 5.53. The van der Waals surface area contributed by atoms with Gasteiger partial charge in [-0.05, 0) is 36.8 Å². The quantitative estimate of drug-likeness (QED) is 0.823. The molecule has 0 aliphatic heterocycles. The van der Waals surface area contributed by atoms with Crippen LogP contribution in [0.25, 0.3) is 0 Å². The van der Waals surface area contributed by atoms with Crippen molar-refractivity contribution in [3.05, 3.63) is 12.1 Å². The molecule has 0 bridgehead atoms. The number of hydrogen-bond acceptors (Lipinski definition) is 4. The molecule has 17 heavy (non-hydrogen) atoms. The summed E-state index contributed by atoms with van der Waals surface area (Å²) in [6, 6.07) is 3.73. The second-order valence-electron chi connectivity index (χ2n) is 4.86. The number of nitrogens with two attached hydrogens (primary N) is 1. The van der Waals surface area contributed by atoms with Crippen molar-refractivity contribution in [1.29, 1.82) is 0 Å². The molecule has 0 saturated heterocycles. The standard InChI is InChI=1S/C13H21N3O/c1-3-13(7-4-8-13)9-15-11-6-5-10(14)12(16-11)17-2/h5-6H,3-4,7-9,14H2,1-2H3,(H,15,16). The zero-order chi connectivity index (χ0) is 12.3. The van der Waals surface area contributed by atoms with E-state index < -0.39 is 0 Å². The zero-order valence-electron chi connectivity index (χ0n) is 10.6. The van der Waals surface area contributed by atoms with Crippen LogP contribution in [0.3, 0.4) is 0 Å². The second kappa shape index (κ2) is 4.82. The molecule has 0 amide bonds. The highest BCUT2D eigenvalue weighted by Gasteiger charge is 2.34. The number of rotatable bonds is 5. The topological polar surface area (TPSA) is 60.2 Å². The van der Waals surface area contributed by atoms with Crippen molar-refractivity contribution >= 4 is 11.5 Å². The van der Waals surface area contributed by atoms with Gasteiger partial charge in [-0.2, -0.15) is 4.98 Å². The summed E-state index contributed by atoms with van der Waals surface area (Å²) in [6.07, 6.45) is 5.23. The predicted molar refractivity (Wildman–Crippen MR) is 70.3 cm³/mol. The molecule has 1 aromatic rings. The van der Waals surface area contributed by atoms with Crippen LogP contribution in [0.1, 0.15) is 32.6 Å². The van der Waals surface area contributed by atoms with Gasteiger partial charge in [-0.3, -0.25) is 0 Å². The van der Waals surface area contributed by atoms with Crippen LogP contribution in [0.4, 0.5) is 11.5 Å². The normalized spacial score (nSPS) is 17.3. The minimum Gasteiger partial charge on any atom is -0.479 e. The Balaban J connectivity index is 1.99. The fourth-order valence-electron chi connectivity index (χ4n) is 2.32. The van der Waals surface area contributed by atoms with Crippen LogP contribution in [-0.2, 0) is 0 Å². The van der Waals surface area contributed by atoms with Gasteiger partial charge in [0, 0.05) is 6.54 Å². The highest BCUT2D eigenvalue weighted by atomic mass is 16.5. The van der Waals surface area contributed by atoms with Gasteiger partial charge in [0.25, 0.3) is 0 Å². The van der Waals surface area contributed by atoms with Crippen molar-refractivity contribution in [2.24, 2.45) is 5.41 Å². The molecule has 0 radical (unpaired) electrons. The molecule has 1 saturated carbocycles. The van der Waals surface area contributed by atoms with Crippen molar-refractivity contribution in [2.75, 3.05) is 24.7 Å². The van der Waals surface area contributed by atoms with Gasteiger partial charge in [-0.15, -0.1) is 0 Å². The van der Waals surface area contributed by atoms with Gasteiger partial charge in [-0.25, -0.2) is 0 Å². The van der Waals surface area contributed by atoms with Gasteiger partial charge in [0.05, 0.1) is 12.8 Å². The van der Waals surface area contributed by atoms with Crippen LogP contribution in [-0.4, -0.2) is 18.6 Å². The van der Waals surface area contributed by atoms with E-state index in [4.69, 9.17) is 10.5 Å². The third-order valence-electron chi connectivity index (χ3n) is 3.89. The van der Waals surface area contributed by atoms with E-state index in [2.05, 4.69) is 17.2 Å². The first kappa shape index (κ1) is 12.0. The zero-order valence-corrected chi connectivity index (χ0v) is 10.6. The summed E-state index contributed by atoms with van der Waals surface area (Å²) in [5.41, 5.74) is 6.79. The van der Waals surface area contributed by atoms with Crippen molar-refractivity contribution in [1.82, 2.24) is 4.98 Å². The average molecular weight is 235 g/mol. The Labute approximate surface area is 103 Å². The Morgan fingerprint density at radius 1 is 1.47 bits per heavy atom. The molecule has 1 aliphatic rings. The van der Waals surface area contributed by atoms with Crippen LogP contribution >= 0.6 is 0 Å². The van der Waals surface area contributed by atoms with Crippen molar-refractivity contribution in [3.63, 3.8) is 0 Å². The third kappa shape index (κ3) is 2.46. The van der Waals surface area contributed by atoms with Crippen molar-refractivity contribution < 1.29 is 4.74 Å². The van der Waals surface area contributed by atoms with Crippen LogP contribution in [0.5, 0.6) is 5.88 Å². The van der Waals surface area contributed by atoms with Gasteiger partial charge in [0.2, 0.25) is 5.88 Å². The fourth-order valence-corrected chi connectivity index (χ4v) is 2.32. The summed E-state index contributed by atoms with van der Waals surface area (Å²) in [4.78, 5) is 4.33. The highest BCUT2D eigenvalue weighted by Crippen LogP contribution is 2.43. The Morgan fingerprint density at radius 3 is 2.76 bits per heavy atom. The number of methoxy groups -OCH3 is 1. The summed E-state index contributed by atoms with van der Waals surface area (Å²) >= 11 is 0. The van der Waals surface area contributed by atoms with Crippen molar-refractivity contribution in [3.8, 4) is 5.88 Å².